The molecule has 2 aromatic carbocycles. The van der Waals surface area contributed by atoms with Gasteiger partial charge in [0, 0.05) is 23.8 Å². The summed E-state index contributed by atoms with van der Waals surface area (Å²) in [5.74, 6) is -0.214. The number of carbonyl (C=O) groups is 1. The first-order valence-corrected chi connectivity index (χ1v) is 10.1. The molecule has 0 saturated carbocycles. The number of hydrogen-bond acceptors (Lipinski definition) is 4. The minimum atomic E-state index is -3.65. The number of nitrogens with one attached hydrogen (secondary N) is 2. The number of halogens is 1. The third-order valence-corrected chi connectivity index (χ3v) is 5.38. The highest BCUT2D eigenvalue weighted by atomic mass is 35.5. The van der Waals surface area contributed by atoms with E-state index in [1.807, 2.05) is 0 Å². The molecule has 0 aliphatic carbocycles. The lowest BCUT2D eigenvalue weighted by atomic mass is 10.1. The maximum Gasteiger partial charge on any atom is 0.261 e. The normalized spacial score (nSPS) is 11.9. The molecule has 0 aliphatic heterocycles. The van der Waals surface area contributed by atoms with Crippen LogP contribution in [0.2, 0.25) is 0 Å². The van der Waals surface area contributed by atoms with Gasteiger partial charge < -0.3 is 11.1 Å². The Hall–Kier alpha value is -2.09. The van der Waals surface area contributed by atoms with E-state index in [0.717, 1.165) is 19.3 Å². The van der Waals surface area contributed by atoms with E-state index in [-0.39, 0.29) is 29.3 Å². The van der Waals surface area contributed by atoms with E-state index >= 15 is 0 Å². The molecular weight excluding hydrogens is 386 g/mol. The van der Waals surface area contributed by atoms with Crippen molar-refractivity contribution in [2.45, 2.75) is 37.1 Å². The van der Waals surface area contributed by atoms with E-state index < -0.39 is 10.0 Å². The Morgan fingerprint density at radius 1 is 1.07 bits per heavy atom. The maximum absolute atomic E-state index is 12.3. The van der Waals surface area contributed by atoms with Gasteiger partial charge in [0.2, 0.25) is 0 Å². The molecule has 1 amide bonds. The van der Waals surface area contributed by atoms with E-state index in [4.69, 9.17) is 5.73 Å². The molecule has 8 heteroatoms. The minimum Gasteiger partial charge on any atom is -0.348 e. The first kappa shape index (κ1) is 23.0. The third kappa shape index (κ3) is 6.86. The summed E-state index contributed by atoms with van der Waals surface area (Å²) in [5, 5.41) is 2.91. The molecule has 0 aliphatic rings. The quantitative estimate of drug-likeness (QED) is 0.589. The first-order chi connectivity index (χ1) is 12.5. The summed E-state index contributed by atoms with van der Waals surface area (Å²) in [6, 6.07) is 14.4. The van der Waals surface area contributed by atoms with Gasteiger partial charge in [-0.05, 0) is 42.8 Å². The molecule has 0 fully saturated rings. The molecule has 0 heterocycles. The van der Waals surface area contributed by atoms with Crippen LogP contribution in [0.4, 0.5) is 5.69 Å². The first-order valence-electron chi connectivity index (χ1n) is 8.65. The summed E-state index contributed by atoms with van der Waals surface area (Å²) in [7, 11) is -3.65. The fourth-order valence-corrected chi connectivity index (χ4v) is 3.55. The predicted molar refractivity (Wildman–Crippen MR) is 111 cm³/mol. The highest BCUT2D eigenvalue weighted by Gasteiger charge is 2.15. The summed E-state index contributed by atoms with van der Waals surface area (Å²) in [5.41, 5.74) is 6.55. The summed E-state index contributed by atoms with van der Waals surface area (Å²) >= 11 is 0. The Labute approximate surface area is 167 Å². The molecule has 1 unspecified atom stereocenters. The average molecular weight is 412 g/mol. The van der Waals surface area contributed by atoms with E-state index in [0.29, 0.717) is 17.8 Å². The van der Waals surface area contributed by atoms with E-state index in [1.165, 1.54) is 12.1 Å². The van der Waals surface area contributed by atoms with E-state index in [1.54, 1.807) is 42.5 Å². The summed E-state index contributed by atoms with van der Waals surface area (Å²) in [4.78, 5) is 12.5. The zero-order chi connectivity index (χ0) is 19.0. The number of sulfonamides is 1. The van der Waals surface area contributed by atoms with Gasteiger partial charge in [-0.1, -0.05) is 38.0 Å². The largest absolute Gasteiger partial charge is 0.348 e. The molecule has 4 N–H and O–H groups in total. The number of hydrogen-bond donors (Lipinski definition) is 3. The molecule has 0 aromatic heterocycles. The number of anilines is 1. The average Bonchev–Trinajstić information content (AvgIpc) is 2.66. The highest BCUT2D eigenvalue weighted by molar-refractivity contribution is 7.92. The monoisotopic (exact) mass is 411 g/mol. The van der Waals surface area contributed by atoms with Crippen LogP contribution in [0.15, 0.2) is 59.5 Å². The third-order valence-electron chi connectivity index (χ3n) is 3.98. The van der Waals surface area contributed by atoms with Crippen LogP contribution in [0.3, 0.4) is 0 Å². The van der Waals surface area contributed by atoms with Crippen LogP contribution in [-0.4, -0.2) is 26.9 Å². The number of carbonyl (C=O) groups excluding carboxylic acids is 1. The molecular formula is C19H26ClN3O3S. The van der Waals surface area contributed by atoms with Crippen molar-refractivity contribution in [2.24, 2.45) is 5.73 Å². The highest BCUT2D eigenvalue weighted by Crippen LogP contribution is 2.16. The van der Waals surface area contributed by atoms with Crippen molar-refractivity contribution in [3.05, 3.63) is 60.2 Å². The number of amides is 1. The fourth-order valence-electron chi connectivity index (χ4n) is 2.47. The van der Waals surface area contributed by atoms with Crippen LogP contribution in [-0.2, 0) is 10.0 Å². The Kier molecular flexibility index (Phi) is 9.28. The molecule has 0 spiro atoms. The zero-order valence-electron chi connectivity index (χ0n) is 15.2. The van der Waals surface area contributed by atoms with Crippen molar-refractivity contribution < 1.29 is 13.2 Å². The lowest BCUT2D eigenvalue weighted by Gasteiger charge is -2.16. The van der Waals surface area contributed by atoms with Gasteiger partial charge in [-0.15, -0.1) is 12.4 Å². The van der Waals surface area contributed by atoms with Crippen LogP contribution >= 0.6 is 12.4 Å². The van der Waals surface area contributed by atoms with Gasteiger partial charge in [0.25, 0.3) is 15.9 Å². The van der Waals surface area contributed by atoms with Gasteiger partial charge in [0.05, 0.1) is 4.90 Å². The van der Waals surface area contributed by atoms with Crippen molar-refractivity contribution in [3.8, 4) is 0 Å². The molecule has 2 rings (SSSR count). The van der Waals surface area contributed by atoms with Crippen LogP contribution < -0.4 is 15.8 Å². The fraction of sp³-hybridized carbons (Fsp3) is 0.316. The van der Waals surface area contributed by atoms with E-state index in [9.17, 15) is 13.2 Å². The minimum absolute atomic E-state index is 0. The Morgan fingerprint density at radius 3 is 2.26 bits per heavy atom. The molecule has 27 heavy (non-hydrogen) atoms. The Balaban J connectivity index is 0.00000364. The van der Waals surface area contributed by atoms with Gasteiger partial charge >= 0.3 is 0 Å². The Bertz CT molecular complexity index is 812. The molecule has 148 valence electrons. The van der Waals surface area contributed by atoms with Crippen LogP contribution in [0.25, 0.3) is 0 Å². The topological polar surface area (TPSA) is 101 Å². The smallest absolute Gasteiger partial charge is 0.261 e. The SMILES string of the molecule is CCCCC(CN)NC(=O)c1ccc(NS(=O)(=O)c2ccccc2)cc1.Cl. The second-order valence-electron chi connectivity index (χ2n) is 6.04. The van der Waals surface area contributed by atoms with Gasteiger partial charge in [0.1, 0.15) is 0 Å². The van der Waals surface area contributed by atoms with Gasteiger partial charge in [0.15, 0.2) is 0 Å². The lowest BCUT2D eigenvalue weighted by Crippen LogP contribution is -2.40. The van der Waals surface area contributed by atoms with Crippen molar-refractivity contribution in [1.82, 2.24) is 5.32 Å². The zero-order valence-corrected chi connectivity index (χ0v) is 16.9. The number of benzene rings is 2. The molecule has 6 nitrogen and oxygen atoms in total. The van der Waals surface area contributed by atoms with Crippen LogP contribution in [0, 0.1) is 0 Å². The molecule has 2 aromatic rings. The summed E-state index contributed by atoms with van der Waals surface area (Å²) in [6.45, 7) is 2.48. The van der Waals surface area contributed by atoms with Gasteiger partial charge in [-0.2, -0.15) is 0 Å². The van der Waals surface area contributed by atoms with Crippen LogP contribution in [0.1, 0.15) is 36.5 Å². The lowest BCUT2D eigenvalue weighted by molar-refractivity contribution is 0.0936. The van der Waals surface area contributed by atoms with Crippen molar-refractivity contribution in [1.29, 1.82) is 0 Å². The van der Waals surface area contributed by atoms with Crippen molar-refractivity contribution in [2.75, 3.05) is 11.3 Å². The molecule has 0 saturated heterocycles. The van der Waals surface area contributed by atoms with Crippen molar-refractivity contribution in [3.63, 3.8) is 0 Å². The molecule has 0 radical (unpaired) electrons. The van der Waals surface area contributed by atoms with Crippen molar-refractivity contribution >= 4 is 34.0 Å². The predicted octanol–water partition coefficient (Wildman–Crippen LogP) is 3.16. The Morgan fingerprint density at radius 2 is 1.70 bits per heavy atom. The van der Waals surface area contributed by atoms with Gasteiger partial charge in [-0.25, -0.2) is 8.42 Å². The summed E-state index contributed by atoms with van der Waals surface area (Å²) < 4.78 is 27.1. The number of unbranched alkanes of at least 4 members (excludes halogenated alkanes) is 1. The number of nitrogens with two attached hydrogens (primary N) is 1. The van der Waals surface area contributed by atoms with E-state index in [2.05, 4.69) is 17.0 Å². The summed E-state index contributed by atoms with van der Waals surface area (Å²) in [6.07, 6.45) is 2.89. The molecule has 0 bridgehead atoms. The second kappa shape index (κ2) is 10.9. The maximum atomic E-state index is 12.3. The second-order valence-corrected chi connectivity index (χ2v) is 7.73. The number of rotatable bonds is 9. The van der Waals surface area contributed by atoms with Gasteiger partial charge in [-0.3, -0.25) is 9.52 Å². The standard InChI is InChI=1S/C19H25N3O3S.ClH/c1-2-3-7-17(14-20)21-19(23)15-10-12-16(13-11-15)22-26(24,25)18-8-5-4-6-9-18;/h4-6,8-13,17,22H,2-3,7,14,20H2,1H3,(H,21,23);1H. The molecule has 1 atom stereocenters. The van der Waals surface area contributed by atoms with Crippen LogP contribution in [0.5, 0.6) is 0 Å².